The molecule has 0 saturated carbocycles. The van der Waals surface area contributed by atoms with Crippen molar-refractivity contribution in [1.82, 2.24) is 4.90 Å². The molecule has 0 aromatic heterocycles. The summed E-state index contributed by atoms with van der Waals surface area (Å²) in [5, 5.41) is 22.9. The van der Waals surface area contributed by atoms with Crippen LogP contribution in [-0.4, -0.2) is 54.7 Å². The highest BCUT2D eigenvalue weighted by Gasteiger charge is 2.36. The first-order valence-corrected chi connectivity index (χ1v) is 9.62. The van der Waals surface area contributed by atoms with Crippen LogP contribution in [0, 0.1) is 24.1 Å². The number of carbonyl (C=O) groups excluding carboxylic acids is 1. The molecule has 4 rings (SSSR count). The first-order valence-electron chi connectivity index (χ1n) is 9.62. The lowest BCUT2D eigenvalue weighted by atomic mass is 9.94. The highest BCUT2D eigenvalue weighted by atomic mass is 19.1. The summed E-state index contributed by atoms with van der Waals surface area (Å²) < 4.78 is 25.3. The van der Waals surface area contributed by atoms with Crippen LogP contribution in [0.15, 0.2) is 29.4 Å². The van der Waals surface area contributed by atoms with Gasteiger partial charge in [0.25, 0.3) is 5.91 Å². The van der Waals surface area contributed by atoms with Crippen molar-refractivity contribution >= 4 is 11.6 Å². The van der Waals surface area contributed by atoms with E-state index in [1.807, 2.05) is 6.07 Å². The summed E-state index contributed by atoms with van der Waals surface area (Å²) in [4.78, 5) is 19.6. The number of fused-ring (bicyclic) bond motifs is 1. The Kier molecular flexibility index (Phi) is 5.48. The lowest BCUT2D eigenvalue weighted by Crippen LogP contribution is -2.38. The fraction of sp³-hybridized carbons (Fsp3) is 0.318. The van der Waals surface area contributed by atoms with Crippen molar-refractivity contribution in [2.75, 3.05) is 27.1 Å². The second-order valence-corrected chi connectivity index (χ2v) is 7.28. The number of aliphatic hydroxyl groups is 1. The van der Waals surface area contributed by atoms with Gasteiger partial charge >= 0.3 is 0 Å². The van der Waals surface area contributed by atoms with Gasteiger partial charge in [0.1, 0.15) is 12.9 Å². The van der Waals surface area contributed by atoms with Crippen molar-refractivity contribution in [1.29, 1.82) is 5.26 Å². The van der Waals surface area contributed by atoms with Gasteiger partial charge in [-0.3, -0.25) is 4.79 Å². The van der Waals surface area contributed by atoms with Crippen LogP contribution < -0.4 is 9.47 Å². The van der Waals surface area contributed by atoms with Crippen LogP contribution in [-0.2, 0) is 4.84 Å². The third-order valence-corrected chi connectivity index (χ3v) is 5.49. The molecule has 0 spiro atoms. The maximum atomic E-state index is 14.1. The quantitative estimate of drug-likeness (QED) is 0.755. The number of halogens is 1. The van der Waals surface area contributed by atoms with Crippen molar-refractivity contribution in [2.24, 2.45) is 5.16 Å². The van der Waals surface area contributed by atoms with Crippen LogP contribution in [0.1, 0.15) is 27.9 Å². The maximum Gasteiger partial charge on any atom is 0.258 e. The molecule has 2 aliphatic rings. The largest absolute Gasteiger partial charge is 0.453 e. The van der Waals surface area contributed by atoms with Crippen molar-refractivity contribution in [3.63, 3.8) is 0 Å². The molecule has 2 aromatic carbocycles. The number of nitrogens with zero attached hydrogens (tertiary/aromatic N) is 3. The number of aliphatic hydroxyl groups excluding tert-OH is 1. The number of hydrogen-bond donors (Lipinski definition) is 1. The molecule has 0 unspecified atom stereocenters. The smallest absolute Gasteiger partial charge is 0.258 e. The van der Waals surface area contributed by atoms with Crippen LogP contribution in [0.25, 0.3) is 11.1 Å². The number of oxime groups is 1. The van der Waals surface area contributed by atoms with E-state index in [0.717, 1.165) is 0 Å². The van der Waals surface area contributed by atoms with E-state index in [9.17, 15) is 19.6 Å². The zero-order valence-electron chi connectivity index (χ0n) is 17.0. The topological polar surface area (TPSA) is 104 Å². The van der Waals surface area contributed by atoms with Crippen molar-refractivity contribution in [3.05, 3.63) is 46.8 Å². The van der Waals surface area contributed by atoms with E-state index in [1.54, 1.807) is 19.1 Å². The van der Waals surface area contributed by atoms with Crippen LogP contribution in [0.4, 0.5) is 4.39 Å². The van der Waals surface area contributed by atoms with Gasteiger partial charge < -0.3 is 24.3 Å². The van der Waals surface area contributed by atoms with E-state index in [2.05, 4.69) is 5.16 Å². The normalized spacial score (nSPS) is 18.4. The Morgan fingerprint density at radius 3 is 2.84 bits per heavy atom. The fourth-order valence-corrected chi connectivity index (χ4v) is 3.98. The molecule has 2 heterocycles. The minimum Gasteiger partial charge on any atom is -0.453 e. The third kappa shape index (κ3) is 3.55. The number of carbonyl (C=O) groups is 1. The summed E-state index contributed by atoms with van der Waals surface area (Å²) in [5.74, 6) is -0.326. The van der Waals surface area contributed by atoms with Crippen LogP contribution >= 0.6 is 0 Å². The van der Waals surface area contributed by atoms with Gasteiger partial charge in [-0.15, -0.1) is 0 Å². The number of ether oxygens (including phenoxy) is 2. The van der Waals surface area contributed by atoms with E-state index in [0.29, 0.717) is 34.6 Å². The highest BCUT2D eigenvalue weighted by Crippen LogP contribution is 2.45. The van der Waals surface area contributed by atoms with Gasteiger partial charge in [0.2, 0.25) is 6.79 Å². The zero-order chi connectivity index (χ0) is 22.1. The molecule has 0 aliphatic carbocycles. The molecule has 1 fully saturated rings. The van der Waals surface area contributed by atoms with Gasteiger partial charge in [0.15, 0.2) is 11.5 Å². The van der Waals surface area contributed by atoms with Crippen LogP contribution in [0.5, 0.6) is 11.5 Å². The number of nitriles is 1. The maximum absolute atomic E-state index is 14.1. The first-order chi connectivity index (χ1) is 15.0. The third-order valence-electron chi connectivity index (χ3n) is 5.49. The van der Waals surface area contributed by atoms with Gasteiger partial charge in [-0.05, 0) is 42.3 Å². The molecule has 31 heavy (non-hydrogen) atoms. The van der Waals surface area contributed by atoms with Gasteiger partial charge in [0, 0.05) is 12.0 Å². The number of benzene rings is 2. The van der Waals surface area contributed by atoms with Crippen molar-refractivity contribution in [2.45, 2.75) is 19.4 Å². The number of hydrogen-bond acceptors (Lipinski definition) is 7. The minimum atomic E-state index is -0.544. The predicted molar refractivity (Wildman–Crippen MR) is 108 cm³/mol. The first kappa shape index (κ1) is 20.6. The summed E-state index contributed by atoms with van der Waals surface area (Å²) in [7, 11) is 1.42. The summed E-state index contributed by atoms with van der Waals surface area (Å²) in [6, 6.07) is 7.30. The molecule has 8 nitrogen and oxygen atoms in total. The van der Waals surface area contributed by atoms with E-state index in [4.69, 9.17) is 14.3 Å². The van der Waals surface area contributed by atoms with Gasteiger partial charge in [-0.1, -0.05) is 5.16 Å². The Bertz CT molecular complexity index is 1130. The van der Waals surface area contributed by atoms with Crippen LogP contribution in [0.3, 0.4) is 0 Å². The van der Waals surface area contributed by atoms with E-state index in [1.165, 1.54) is 24.1 Å². The average Bonchev–Trinajstić information content (AvgIpc) is 3.41. The van der Waals surface area contributed by atoms with Gasteiger partial charge in [-0.25, -0.2) is 4.39 Å². The fourth-order valence-electron chi connectivity index (χ4n) is 3.98. The van der Waals surface area contributed by atoms with Gasteiger partial charge in [-0.2, -0.15) is 5.26 Å². The standard InChI is InChI=1S/C22H20FN3O5/c1-12-13(8-24)5-14(23)6-19(12)17-3-4-18(21-20(17)30-11-31-21)22(28)26-9-15(25-29-2)7-16(26)10-27/h3-6,16,27H,7,9-11H2,1-2H3/b25-15+/t16-/m0/s1. The lowest BCUT2D eigenvalue weighted by molar-refractivity contribution is 0.0675. The van der Waals surface area contributed by atoms with Gasteiger partial charge in [0.05, 0.1) is 42.1 Å². The Morgan fingerprint density at radius 2 is 2.13 bits per heavy atom. The Hall–Kier alpha value is -3.64. The number of amides is 1. The van der Waals surface area contributed by atoms with E-state index < -0.39 is 11.9 Å². The monoisotopic (exact) mass is 425 g/mol. The van der Waals surface area contributed by atoms with Crippen LogP contribution in [0.2, 0.25) is 0 Å². The molecular formula is C22H20FN3O5. The highest BCUT2D eigenvalue weighted by molar-refractivity contribution is 6.03. The van der Waals surface area contributed by atoms with Crippen molar-refractivity contribution < 1.29 is 28.6 Å². The molecule has 2 aromatic rings. The summed E-state index contributed by atoms with van der Waals surface area (Å²) in [5.41, 5.74) is 2.75. The second-order valence-electron chi connectivity index (χ2n) is 7.28. The molecule has 0 bridgehead atoms. The Morgan fingerprint density at radius 1 is 1.35 bits per heavy atom. The molecule has 1 amide bonds. The predicted octanol–water partition coefficient (Wildman–Crippen LogP) is 2.61. The molecular weight excluding hydrogens is 405 g/mol. The lowest BCUT2D eigenvalue weighted by Gasteiger charge is -2.23. The minimum absolute atomic E-state index is 0.0914. The summed E-state index contributed by atoms with van der Waals surface area (Å²) >= 11 is 0. The molecule has 160 valence electrons. The van der Waals surface area contributed by atoms with Crippen molar-refractivity contribution in [3.8, 4) is 28.7 Å². The Balaban J connectivity index is 1.76. The molecule has 9 heteroatoms. The van der Waals surface area contributed by atoms with E-state index in [-0.39, 0.29) is 42.7 Å². The summed E-state index contributed by atoms with van der Waals surface area (Å²) in [6.45, 7) is 1.64. The average molecular weight is 425 g/mol. The zero-order valence-corrected chi connectivity index (χ0v) is 17.0. The molecule has 1 N–H and O–H groups in total. The van der Waals surface area contributed by atoms with E-state index >= 15 is 0 Å². The molecule has 0 radical (unpaired) electrons. The Labute approximate surface area is 178 Å². The molecule has 1 atom stereocenters. The number of likely N-dealkylation sites (tertiary alicyclic amines) is 1. The second kappa shape index (κ2) is 8.24. The molecule has 2 aliphatic heterocycles. The number of rotatable bonds is 4. The SMILES string of the molecule is CO/N=C1\C[C@@H](CO)N(C(=O)c2ccc(-c3cc(F)cc(C#N)c3C)c3c2OCO3)C1. The summed E-state index contributed by atoms with van der Waals surface area (Å²) in [6.07, 6.45) is 0.410. The molecule has 1 saturated heterocycles.